The molecule has 1 N–H and O–H groups in total. The van der Waals surface area contributed by atoms with Gasteiger partial charge in [0.15, 0.2) is 11.0 Å². The number of para-hydroxylation sites is 1. The number of carbonyl (C=O) groups is 2. The van der Waals surface area contributed by atoms with Gasteiger partial charge in [-0.25, -0.2) is 0 Å². The van der Waals surface area contributed by atoms with Gasteiger partial charge in [0.2, 0.25) is 11.8 Å². The monoisotopic (exact) mass is 451 g/mol. The Morgan fingerprint density at radius 1 is 1.12 bits per heavy atom. The van der Waals surface area contributed by atoms with Crippen LogP contribution in [-0.4, -0.2) is 50.3 Å². The molecule has 0 aliphatic rings. The van der Waals surface area contributed by atoms with Crippen molar-refractivity contribution in [1.82, 2.24) is 19.7 Å². The van der Waals surface area contributed by atoms with Crippen molar-refractivity contribution >= 4 is 29.3 Å². The van der Waals surface area contributed by atoms with Crippen LogP contribution in [0.4, 0.5) is 5.69 Å². The molecule has 8 heteroatoms. The second kappa shape index (κ2) is 10.5. The van der Waals surface area contributed by atoms with Gasteiger partial charge < -0.3 is 14.8 Å². The number of aromatic nitrogens is 3. The Balaban J connectivity index is 1.60. The van der Waals surface area contributed by atoms with E-state index in [0.29, 0.717) is 5.16 Å². The highest BCUT2D eigenvalue weighted by Crippen LogP contribution is 2.26. The van der Waals surface area contributed by atoms with Gasteiger partial charge in [0, 0.05) is 25.3 Å². The molecule has 0 saturated heterocycles. The lowest BCUT2D eigenvalue weighted by molar-refractivity contribution is -0.132. The highest BCUT2D eigenvalue weighted by Gasteiger charge is 2.23. The summed E-state index contributed by atoms with van der Waals surface area (Å²) in [6, 6.07) is 15.8. The van der Waals surface area contributed by atoms with Crippen LogP contribution in [-0.2, 0) is 23.1 Å². The van der Waals surface area contributed by atoms with Crippen molar-refractivity contribution < 1.29 is 9.59 Å². The highest BCUT2D eigenvalue weighted by atomic mass is 32.2. The number of thioether (sulfide) groups is 1. The third-order valence-corrected chi connectivity index (χ3v) is 6.33. The average Bonchev–Trinajstić information content (AvgIpc) is 3.14. The largest absolute Gasteiger partial charge is 0.335 e. The number of rotatable bonds is 8. The fourth-order valence-corrected chi connectivity index (χ4v) is 4.25. The maximum absolute atomic E-state index is 12.9. The Bertz CT molecular complexity index is 1090. The minimum absolute atomic E-state index is 0.0186. The zero-order valence-corrected chi connectivity index (χ0v) is 19.9. The van der Waals surface area contributed by atoms with E-state index in [9.17, 15) is 9.59 Å². The van der Waals surface area contributed by atoms with E-state index in [0.717, 1.165) is 29.1 Å². The quantitative estimate of drug-likeness (QED) is 0.525. The van der Waals surface area contributed by atoms with Crippen LogP contribution in [0.15, 0.2) is 53.7 Å². The summed E-state index contributed by atoms with van der Waals surface area (Å²) in [7, 11) is 3.52. The lowest BCUT2D eigenvalue weighted by Gasteiger charge is -2.21. The smallest absolute Gasteiger partial charge is 0.243 e. The zero-order chi connectivity index (χ0) is 23.3. The van der Waals surface area contributed by atoms with Crippen molar-refractivity contribution in [3.05, 3.63) is 59.7 Å². The first kappa shape index (κ1) is 23.5. The van der Waals surface area contributed by atoms with Crippen LogP contribution in [0.25, 0.3) is 11.4 Å². The second-order valence-corrected chi connectivity index (χ2v) is 9.05. The van der Waals surface area contributed by atoms with Crippen LogP contribution in [0.5, 0.6) is 0 Å². The topological polar surface area (TPSA) is 80.1 Å². The van der Waals surface area contributed by atoms with Crippen LogP contribution in [0, 0.1) is 6.92 Å². The summed E-state index contributed by atoms with van der Waals surface area (Å²) in [4.78, 5) is 26.8. The summed E-state index contributed by atoms with van der Waals surface area (Å²) in [6.45, 7) is 5.87. The van der Waals surface area contributed by atoms with E-state index in [4.69, 9.17) is 0 Å². The Morgan fingerprint density at radius 2 is 1.81 bits per heavy atom. The predicted octanol–water partition coefficient (Wildman–Crippen LogP) is 3.93. The number of carbonyl (C=O) groups excluding carboxylic acids is 2. The van der Waals surface area contributed by atoms with Crippen molar-refractivity contribution in [3.8, 4) is 11.4 Å². The van der Waals surface area contributed by atoms with Gasteiger partial charge in [-0.3, -0.25) is 9.59 Å². The molecule has 168 valence electrons. The van der Waals surface area contributed by atoms with Gasteiger partial charge in [-0.1, -0.05) is 66.7 Å². The third kappa shape index (κ3) is 5.56. The lowest BCUT2D eigenvalue weighted by Crippen LogP contribution is -2.39. The normalized spacial score (nSPS) is 11.8. The molecule has 2 amide bonds. The molecule has 0 fully saturated rings. The molecule has 0 radical (unpaired) electrons. The summed E-state index contributed by atoms with van der Waals surface area (Å²) in [6.07, 6.45) is 0.821. The molecule has 3 rings (SSSR count). The van der Waals surface area contributed by atoms with Crippen LogP contribution in [0.1, 0.15) is 25.0 Å². The molecule has 1 heterocycles. The number of hydrogen-bond donors (Lipinski definition) is 1. The van der Waals surface area contributed by atoms with Crippen molar-refractivity contribution in [2.24, 2.45) is 7.05 Å². The number of nitrogens with zero attached hydrogens (tertiary/aromatic N) is 4. The Kier molecular flexibility index (Phi) is 7.69. The molecular weight excluding hydrogens is 422 g/mol. The summed E-state index contributed by atoms with van der Waals surface area (Å²) >= 11 is 1.33. The molecule has 2 aromatic carbocycles. The number of aryl methyl sites for hydroxylation is 2. The molecule has 0 bridgehead atoms. The standard InChI is InChI=1S/C24H29N5O2S/c1-6-18-9-7-8-10-20(18)25-21(30)15-28(4)23(31)17(3)32-24-27-26-22(29(24)5)19-13-11-16(2)12-14-19/h7-14,17H,6,15H2,1-5H3,(H,25,30). The van der Waals surface area contributed by atoms with E-state index in [1.807, 2.05) is 80.9 Å². The Morgan fingerprint density at radius 3 is 2.50 bits per heavy atom. The number of nitrogens with one attached hydrogen (secondary N) is 1. The van der Waals surface area contributed by atoms with Gasteiger partial charge >= 0.3 is 0 Å². The molecule has 0 spiro atoms. The first-order valence-electron chi connectivity index (χ1n) is 10.6. The van der Waals surface area contributed by atoms with Gasteiger partial charge in [-0.15, -0.1) is 10.2 Å². The third-order valence-electron chi connectivity index (χ3n) is 5.20. The van der Waals surface area contributed by atoms with E-state index >= 15 is 0 Å². The first-order chi connectivity index (χ1) is 15.3. The molecule has 1 atom stereocenters. The fraction of sp³-hybridized carbons (Fsp3) is 0.333. The summed E-state index contributed by atoms with van der Waals surface area (Å²) in [5.41, 5.74) is 3.99. The number of hydrogen-bond acceptors (Lipinski definition) is 5. The Hall–Kier alpha value is -3.13. The summed E-state index contributed by atoms with van der Waals surface area (Å²) < 4.78 is 1.88. The number of benzene rings is 2. The van der Waals surface area contributed by atoms with Gasteiger partial charge in [-0.05, 0) is 31.9 Å². The summed E-state index contributed by atoms with van der Waals surface area (Å²) in [5, 5.41) is 11.7. The molecule has 1 aromatic heterocycles. The van der Waals surface area contributed by atoms with Crippen molar-refractivity contribution in [3.63, 3.8) is 0 Å². The van der Waals surface area contributed by atoms with E-state index in [1.54, 1.807) is 7.05 Å². The van der Waals surface area contributed by atoms with Crippen molar-refractivity contribution in [1.29, 1.82) is 0 Å². The van der Waals surface area contributed by atoms with Crippen molar-refractivity contribution in [2.75, 3.05) is 18.9 Å². The van der Waals surface area contributed by atoms with Gasteiger partial charge in [-0.2, -0.15) is 0 Å². The minimum atomic E-state index is -0.413. The molecule has 32 heavy (non-hydrogen) atoms. The first-order valence-corrected chi connectivity index (χ1v) is 11.4. The number of amides is 2. The average molecular weight is 452 g/mol. The SMILES string of the molecule is CCc1ccccc1NC(=O)CN(C)C(=O)C(C)Sc1nnc(-c2ccc(C)cc2)n1C. The van der Waals surface area contributed by atoms with Crippen molar-refractivity contribution in [2.45, 2.75) is 37.6 Å². The maximum atomic E-state index is 12.9. The molecular formula is C24H29N5O2S. The van der Waals surface area contributed by atoms with E-state index in [2.05, 4.69) is 15.5 Å². The molecule has 0 aliphatic heterocycles. The molecule has 0 aliphatic carbocycles. The van der Waals surface area contributed by atoms with Gasteiger partial charge in [0.05, 0.1) is 11.8 Å². The van der Waals surface area contributed by atoms with Crippen LogP contribution in [0.2, 0.25) is 0 Å². The van der Waals surface area contributed by atoms with Gasteiger partial charge in [0.1, 0.15) is 0 Å². The van der Waals surface area contributed by atoms with E-state index in [-0.39, 0.29) is 18.4 Å². The van der Waals surface area contributed by atoms with Crippen LogP contribution < -0.4 is 5.32 Å². The molecule has 3 aromatic rings. The Labute approximate surface area is 193 Å². The molecule has 0 saturated carbocycles. The minimum Gasteiger partial charge on any atom is -0.335 e. The number of anilines is 1. The fourth-order valence-electron chi connectivity index (χ4n) is 3.32. The highest BCUT2D eigenvalue weighted by molar-refractivity contribution is 8.00. The van der Waals surface area contributed by atoms with Gasteiger partial charge in [0.25, 0.3) is 0 Å². The maximum Gasteiger partial charge on any atom is 0.243 e. The van der Waals surface area contributed by atoms with E-state index in [1.165, 1.54) is 22.2 Å². The van der Waals surface area contributed by atoms with Crippen LogP contribution >= 0.6 is 11.8 Å². The van der Waals surface area contributed by atoms with E-state index < -0.39 is 5.25 Å². The zero-order valence-electron chi connectivity index (χ0n) is 19.1. The predicted molar refractivity (Wildman–Crippen MR) is 129 cm³/mol. The lowest BCUT2D eigenvalue weighted by atomic mass is 10.1. The number of likely N-dealkylation sites (N-methyl/N-ethyl adjacent to an activating group) is 1. The van der Waals surface area contributed by atoms with Crippen LogP contribution in [0.3, 0.4) is 0 Å². The molecule has 7 nitrogen and oxygen atoms in total. The summed E-state index contributed by atoms with van der Waals surface area (Å²) in [5.74, 6) is 0.377. The molecule has 1 unspecified atom stereocenters. The second-order valence-electron chi connectivity index (χ2n) is 7.74.